The van der Waals surface area contributed by atoms with Crippen LogP contribution in [-0.2, 0) is 0 Å². The van der Waals surface area contributed by atoms with Crippen LogP contribution >= 0.6 is 23.2 Å². The zero-order valence-corrected chi connectivity index (χ0v) is 8.47. The van der Waals surface area contributed by atoms with Gasteiger partial charge in [0.2, 0.25) is 0 Å². The molecule has 0 fully saturated rings. The van der Waals surface area contributed by atoms with E-state index in [1.807, 2.05) is 6.07 Å². The Kier molecular flexibility index (Phi) is 3.89. The number of anilines is 1. The lowest BCUT2D eigenvalue weighted by Crippen LogP contribution is -2.09. The fourth-order valence-electron chi connectivity index (χ4n) is 0.838. The number of aliphatic hydroxyl groups is 1. The first-order chi connectivity index (χ1) is 6.70. The van der Waals surface area contributed by atoms with Gasteiger partial charge in [0.25, 0.3) is 0 Å². The number of nitrogens with one attached hydrogen (secondary N) is 1. The Morgan fingerprint density at radius 3 is 2.57 bits per heavy atom. The predicted molar refractivity (Wildman–Crippen MR) is 52.3 cm³/mol. The summed E-state index contributed by atoms with van der Waals surface area (Å²) in [5, 5.41) is 27.1. The molecule has 1 aromatic rings. The van der Waals surface area contributed by atoms with Crippen LogP contribution in [0.1, 0.15) is 5.56 Å². The van der Waals surface area contributed by atoms with Gasteiger partial charge in [-0.25, -0.2) is 0 Å². The topological polar surface area (TPSA) is 81.8 Å². The summed E-state index contributed by atoms with van der Waals surface area (Å²) in [6.07, 6.45) is 0. The molecule has 0 amide bonds. The van der Waals surface area contributed by atoms with Gasteiger partial charge in [-0.3, -0.25) is 0 Å². The van der Waals surface area contributed by atoms with E-state index in [1.165, 1.54) is 0 Å². The molecule has 0 aliphatic heterocycles. The predicted octanol–water partition coefficient (Wildman–Crippen LogP) is 1.06. The molecule has 0 atom stereocenters. The molecule has 0 radical (unpaired) electrons. The second-order valence-electron chi connectivity index (χ2n) is 2.29. The standard InChI is InChI=1S/C7H6Cl2N4O/c8-6-4(3-10)5(11-1-2-14)7(9)13-12-6/h14H,1-2H2,(H,11,12). The Morgan fingerprint density at radius 1 is 1.36 bits per heavy atom. The van der Waals surface area contributed by atoms with E-state index in [0.717, 1.165) is 0 Å². The normalized spacial score (nSPS) is 9.57. The highest BCUT2D eigenvalue weighted by Crippen LogP contribution is 2.26. The summed E-state index contributed by atoms with van der Waals surface area (Å²) in [7, 11) is 0. The van der Waals surface area contributed by atoms with Gasteiger partial charge in [0.1, 0.15) is 11.6 Å². The molecule has 0 aliphatic rings. The van der Waals surface area contributed by atoms with Crippen molar-refractivity contribution in [3.63, 3.8) is 0 Å². The van der Waals surface area contributed by atoms with Gasteiger partial charge in [-0.15, -0.1) is 10.2 Å². The highest BCUT2D eigenvalue weighted by Gasteiger charge is 2.13. The minimum Gasteiger partial charge on any atom is -0.395 e. The first kappa shape index (κ1) is 11.0. The van der Waals surface area contributed by atoms with Crippen LogP contribution in [0.4, 0.5) is 5.69 Å². The van der Waals surface area contributed by atoms with Gasteiger partial charge in [0, 0.05) is 6.54 Å². The molecule has 0 unspecified atom stereocenters. The van der Waals surface area contributed by atoms with Crippen LogP contribution in [0.2, 0.25) is 10.3 Å². The van der Waals surface area contributed by atoms with E-state index in [-0.39, 0.29) is 29.0 Å². The van der Waals surface area contributed by atoms with E-state index in [1.54, 1.807) is 0 Å². The molecule has 1 rings (SSSR count). The highest BCUT2D eigenvalue weighted by atomic mass is 35.5. The Labute approximate surface area is 90.3 Å². The smallest absolute Gasteiger partial charge is 0.176 e. The van der Waals surface area contributed by atoms with Crippen LogP contribution in [-0.4, -0.2) is 28.5 Å². The molecule has 0 aromatic carbocycles. The van der Waals surface area contributed by atoms with E-state index in [0.29, 0.717) is 5.69 Å². The number of hydrogen-bond acceptors (Lipinski definition) is 5. The van der Waals surface area contributed by atoms with Crippen LogP contribution in [0.5, 0.6) is 0 Å². The summed E-state index contributed by atoms with van der Waals surface area (Å²) >= 11 is 11.3. The number of aliphatic hydroxyl groups excluding tert-OH is 1. The van der Waals surface area contributed by atoms with E-state index >= 15 is 0 Å². The third-order valence-electron chi connectivity index (χ3n) is 1.41. The fraction of sp³-hybridized carbons (Fsp3) is 0.286. The third-order valence-corrected chi connectivity index (χ3v) is 1.94. The van der Waals surface area contributed by atoms with Crippen LogP contribution in [0, 0.1) is 11.3 Å². The van der Waals surface area contributed by atoms with Crippen molar-refractivity contribution in [2.45, 2.75) is 0 Å². The number of nitriles is 1. The van der Waals surface area contributed by atoms with Crippen LogP contribution in [0.15, 0.2) is 0 Å². The van der Waals surface area contributed by atoms with Gasteiger partial charge in [0.05, 0.1) is 12.3 Å². The zero-order chi connectivity index (χ0) is 10.6. The SMILES string of the molecule is N#Cc1c(Cl)nnc(Cl)c1NCCO. The summed E-state index contributed by atoms with van der Waals surface area (Å²) < 4.78 is 0. The van der Waals surface area contributed by atoms with Crippen molar-refractivity contribution in [1.29, 1.82) is 5.26 Å². The molecule has 0 bridgehead atoms. The fourth-order valence-corrected chi connectivity index (χ4v) is 1.21. The Hall–Kier alpha value is -1.09. The minimum atomic E-state index is -0.0822. The van der Waals surface area contributed by atoms with Crippen LogP contribution in [0.25, 0.3) is 0 Å². The minimum absolute atomic E-state index is 0.0164. The molecular formula is C7H6Cl2N4O. The lowest BCUT2D eigenvalue weighted by atomic mass is 10.3. The van der Waals surface area contributed by atoms with E-state index in [9.17, 15) is 0 Å². The summed E-state index contributed by atoms with van der Waals surface area (Å²) in [4.78, 5) is 0. The number of nitrogens with zero attached hydrogens (tertiary/aromatic N) is 3. The van der Waals surface area contributed by atoms with Gasteiger partial charge in [-0.2, -0.15) is 5.26 Å². The summed E-state index contributed by atoms with van der Waals surface area (Å²) in [6.45, 7) is 0.178. The molecule has 0 saturated carbocycles. The van der Waals surface area contributed by atoms with Gasteiger partial charge >= 0.3 is 0 Å². The van der Waals surface area contributed by atoms with Crippen molar-refractivity contribution in [3.05, 3.63) is 15.9 Å². The number of rotatable bonds is 3. The van der Waals surface area contributed by atoms with Crippen LogP contribution < -0.4 is 5.32 Å². The van der Waals surface area contributed by atoms with Crippen molar-refractivity contribution in [2.24, 2.45) is 0 Å². The Bertz CT molecular complexity index is 377. The molecule has 1 heterocycles. The summed E-state index contributed by atoms with van der Waals surface area (Å²) in [6, 6.07) is 1.85. The van der Waals surface area contributed by atoms with E-state index in [2.05, 4.69) is 15.5 Å². The monoisotopic (exact) mass is 232 g/mol. The Balaban J connectivity index is 3.11. The Morgan fingerprint density at radius 2 is 2.00 bits per heavy atom. The lowest BCUT2D eigenvalue weighted by molar-refractivity contribution is 0.311. The van der Waals surface area contributed by atoms with Crippen LogP contribution in [0.3, 0.4) is 0 Å². The third kappa shape index (κ3) is 2.23. The summed E-state index contributed by atoms with van der Waals surface area (Å²) in [5.41, 5.74) is 0.420. The maximum atomic E-state index is 8.76. The van der Waals surface area contributed by atoms with Crippen molar-refractivity contribution < 1.29 is 5.11 Å². The maximum Gasteiger partial charge on any atom is 0.176 e. The second-order valence-corrected chi connectivity index (χ2v) is 3.01. The first-order valence-electron chi connectivity index (χ1n) is 3.67. The molecule has 5 nitrogen and oxygen atoms in total. The molecule has 14 heavy (non-hydrogen) atoms. The van der Waals surface area contributed by atoms with Crippen molar-refractivity contribution in [1.82, 2.24) is 10.2 Å². The summed E-state index contributed by atoms with van der Waals surface area (Å²) in [5.74, 6) is 0. The lowest BCUT2D eigenvalue weighted by Gasteiger charge is -2.07. The van der Waals surface area contributed by atoms with Crippen molar-refractivity contribution in [2.75, 3.05) is 18.5 Å². The molecule has 1 aromatic heterocycles. The quantitative estimate of drug-likeness (QED) is 0.815. The van der Waals surface area contributed by atoms with Gasteiger partial charge in [0.15, 0.2) is 10.3 Å². The molecule has 74 valence electrons. The molecule has 0 saturated heterocycles. The number of halogens is 2. The van der Waals surface area contributed by atoms with Gasteiger partial charge < -0.3 is 10.4 Å². The molecule has 2 N–H and O–H groups in total. The van der Waals surface area contributed by atoms with Gasteiger partial charge in [-0.05, 0) is 0 Å². The molecule has 7 heteroatoms. The number of aromatic nitrogens is 2. The van der Waals surface area contributed by atoms with Crippen molar-refractivity contribution in [3.8, 4) is 6.07 Å². The van der Waals surface area contributed by atoms with Crippen molar-refractivity contribution >= 4 is 28.9 Å². The molecule has 0 spiro atoms. The van der Waals surface area contributed by atoms with E-state index in [4.69, 9.17) is 33.6 Å². The van der Waals surface area contributed by atoms with Gasteiger partial charge in [-0.1, -0.05) is 23.2 Å². The maximum absolute atomic E-state index is 8.76. The average Bonchev–Trinajstić information content (AvgIpc) is 2.19. The second kappa shape index (κ2) is 4.96. The molecular weight excluding hydrogens is 227 g/mol. The van der Waals surface area contributed by atoms with E-state index < -0.39 is 0 Å². The zero-order valence-electron chi connectivity index (χ0n) is 6.96. The first-order valence-corrected chi connectivity index (χ1v) is 4.42. The largest absolute Gasteiger partial charge is 0.395 e. The number of hydrogen-bond donors (Lipinski definition) is 2. The molecule has 0 aliphatic carbocycles. The highest BCUT2D eigenvalue weighted by molar-refractivity contribution is 6.34. The average molecular weight is 233 g/mol.